The van der Waals surface area contributed by atoms with E-state index >= 15 is 0 Å². The average molecular weight is 417 g/mol. The van der Waals surface area contributed by atoms with Crippen molar-refractivity contribution in [3.63, 3.8) is 0 Å². The lowest BCUT2D eigenvalue weighted by molar-refractivity contribution is 0.357. The van der Waals surface area contributed by atoms with Crippen LogP contribution >= 0.6 is 24.0 Å². The minimum absolute atomic E-state index is 0. The molecule has 0 amide bonds. The minimum atomic E-state index is 0. The Bertz CT molecular complexity index is 491. The monoisotopic (exact) mass is 417 g/mol. The van der Waals surface area contributed by atoms with Crippen LogP contribution in [0.4, 0.5) is 0 Å². The summed E-state index contributed by atoms with van der Waals surface area (Å²) in [6.07, 6.45) is 3.09. The molecule has 0 saturated heterocycles. The Morgan fingerprint density at radius 1 is 1.36 bits per heavy atom. The first-order valence-corrected chi connectivity index (χ1v) is 8.02. The van der Waals surface area contributed by atoms with E-state index in [9.17, 15) is 0 Å². The summed E-state index contributed by atoms with van der Waals surface area (Å²) in [6.45, 7) is 8.94. The minimum Gasteiger partial charge on any atom is -0.493 e. The number of hydrogen-bond donors (Lipinski definition) is 2. The molecule has 1 aliphatic heterocycles. The van der Waals surface area contributed by atoms with Crippen molar-refractivity contribution >= 4 is 29.9 Å². The van der Waals surface area contributed by atoms with Gasteiger partial charge in [-0.05, 0) is 43.9 Å². The Morgan fingerprint density at radius 2 is 2.18 bits per heavy atom. The summed E-state index contributed by atoms with van der Waals surface area (Å²) >= 11 is 0. The standard InChI is InChI=1S/C17H27N3O.HI/c1-4-13(3)20-17(18-5-2)19-10-8-14-6-7-16-15(12-14)9-11-21-16;/h6-7,12-13H,4-5,8-11H2,1-3H3,(H2,18,19,20);1H. The second-order valence-electron chi connectivity index (χ2n) is 5.50. The summed E-state index contributed by atoms with van der Waals surface area (Å²) in [5.74, 6) is 1.96. The zero-order valence-electron chi connectivity index (χ0n) is 13.8. The van der Waals surface area contributed by atoms with Gasteiger partial charge in [0.15, 0.2) is 5.96 Å². The van der Waals surface area contributed by atoms with Crippen LogP contribution in [0.5, 0.6) is 5.75 Å². The number of ether oxygens (including phenoxy) is 1. The van der Waals surface area contributed by atoms with Crippen LogP contribution in [0.3, 0.4) is 0 Å². The SMILES string of the molecule is CCNC(=NCCc1ccc2c(c1)CCO2)NC(C)CC.I. The third-order valence-electron chi connectivity index (χ3n) is 3.76. The summed E-state index contributed by atoms with van der Waals surface area (Å²) in [5.41, 5.74) is 2.67. The molecule has 22 heavy (non-hydrogen) atoms. The predicted octanol–water partition coefficient (Wildman–Crippen LogP) is 3.14. The molecular formula is C17H28IN3O. The van der Waals surface area contributed by atoms with Crippen LogP contribution in [0.15, 0.2) is 23.2 Å². The van der Waals surface area contributed by atoms with Crippen molar-refractivity contribution in [2.45, 2.75) is 46.1 Å². The van der Waals surface area contributed by atoms with E-state index in [1.54, 1.807) is 0 Å². The number of nitrogens with one attached hydrogen (secondary N) is 2. The molecular weight excluding hydrogens is 389 g/mol. The maximum atomic E-state index is 5.54. The third kappa shape index (κ3) is 5.66. The topological polar surface area (TPSA) is 45.7 Å². The number of halogens is 1. The average Bonchev–Trinajstić information content (AvgIpc) is 2.94. The van der Waals surface area contributed by atoms with Gasteiger partial charge in [0.05, 0.1) is 6.61 Å². The highest BCUT2D eigenvalue weighted by molar-refractivity contribution is 14.0. The molecule has 4 nitrogen and oxygen atoms in total. The molecule has 2 rings (SSSR count). The Kier molecular flexibility index (Phi) is 8.60. The molecule has 1 aromatic rings. The molecule has 1 aliphatic rings. The molecule has 0 bridgehead atoms. The largest absolute Gasteiger partial charge is 0.493 e. The molecule has 124 valence electrons. The van der Waals surface area contributed by atoms with Crippen molar-refractivity contribution in [2.75, 3.05) is 19.7 Å². The number of rotatable bonds is 6. The molecule has 0 saturated carbocycles. The number of aliphatic imine (C=N–C) groups is 1. The van der Waals surface area contributed by atoms with Crippen LogP contribution in [0, 0.1) is 0 Å². The molecule has 0 fully saturated rings. The number of guanidine groups is 1. The van der Waals surface area contributed by atoms with Crippen LogP contribution in [0.25, 0.3) is 0 Å². The summed E-state index contributed by atoms with van der Waals surface area (Å²) in [5, 5.41) is 6.71. The number of nitrogens with zero attached hydrogens (tertiary/aromatic N) is 1. The van der Waals surface area contributed by atoms with Gasteiger partial charge in [-0.25, -0.2) is 0 Å². The van der Waals surface area contributed by atoms with Crippen molar-refractivity contribution in [1.82, 2.24) is 10.6 Å². The Balaban J connectivity index is 0.00000242. The van der Waals surface area contributed by atoms with Gasteiger partial charge >= 0.3 is 0 Å². The van der Waals surface area contributed by atoms with Crippen LogP contribution in [-0.2, 0) is 12.8 Å². The number of hydrogen-bond acceptors (Lipinski definition) is 2. The van der Waals surface area contributed by atoms with Gasteiger partial charge in [-0.1, -0.05) is 19.1 Å². The summed E-state index contributed by atoms with van der Waals surface area (Å²) in [4.78, 5) is 4.65. The fourth-order valence-electron chi connectivity index (χ4n) is 2.35. The summed E-state index contributed by atoms with van der Waals surface area (Å²) in [6, 6.07) is 6.94. The van der Waals surface area contributed by atoms with Gasteiger partial charge in [-0.3, -0.25) is 4.99 Å². The highest BCUT2D eigenvalue weighted by Gasteiger charge is 2.11. The molecule has 0 radical (unpaired) electrons. The zero-order chi connectivity index (χ0) is 15.1. The van der Waals surface area contributed by atoms with Crippen LogP contribution in [0.2, 0.25) is 0 Å². The Morgan fingerprint density at radius 3 is 2.91 bits per heavy atom. The van der Waals surface area contributed by atoms with Crippen molar-refractivity contribution in [2.24, 2.45) is 4.99 Å². The normalized spacial score (nSPS) is 14.6. The van der Waals surface area contributed by atoms with Crippen molar-refractivity contribution in [3.05, 3.63) is 29.3 Å². The maximum absolute atomic E-state index is 5.54. The second kappa shape index (κ2) is 9.92. The molecule has 1 atom stereocenters. The molecule has 1 aromatic carbocycles. The fourth-order valence-corrected chi connectivity index (χ4v) is 2.35. The van der Waals surface area contributed by atoms with E-state index in [2.05, 4.69) is 54.6 Å². The number of benzene rings is 1. The molecule has 1 heterocycles. The molecule has 2 N–H and O–H groups in total. The first-order valence-electron chi connectivity index (χ1n) is 8.02. The number of fused-ring (bicyclic) bond motifs is 1. The predicted molar refractivity (Wildman–Crippen MR) is 104 cm³/mol. The first kappa shape index (κ1) is 19.1. The van der Waals surface area contributed by atoms with E-state index < -0.39 is 0 Å². The Labute approximate surface area is 151 Å². The van der Waals surface area contributed by atoms with Crippen LogP contribution < -0.4 is 15.4 Å². The van der Waals surface area contributed by atoms with E-state index in [-0.39, 0.29) is 24.0 Å². The maximum Gasteiger partial charge on any atom is 0.191 e. The van der Waals surface area contributed by atoms with Gasteiger partial charge in [0.1, 0.15) is 5.75 Å². The van der Waals surface area contributed by atoms with Crippen LogP contribution in [0.1, 0.15) is 38.3 Å². The van der Waals surface area contributed by atoms with Gasteiger partial charge < -0.3 is 15.4 Å². The van der Waals surface area contributed by atoms with Crippen molar-refractivity contribution in [1.29, 1.82) is 0 Å². The third-order valence-corrected chi connectivity index (χ3v) is 3.76. The van der Waals surface area contributed by atoms with Gasteiger partial charge in [0.25, 0.3) is 0 Å². The van der Waals surface area contributed by atoms with E-state index in [0.29, 0.717) is 6.04 Å². The Hall–Kier alpha value is -0.980. The van der Waals surface area contributed by atoms with E-state index in [1.807, 2.05) is 0 Å². The smallest absolute Gasteiger partial charge is 0.191 e. The highest BCUT2D eigenvalue weighted by atomic mass is 127. The lowest BCUT2D eigenvalue weighted by atomic mass is 10.1. The van der Waals surface area contributed by atoms with E-state index in [0.717, 1.165) is 50.7 Å². The van der Waals surface area contributed by atoms with Gasteiger partial charge in [0.2, 0.25) is 0 Å². The molecule has 0 aromatic heterocycles. The van der Waals surface area contributed by atoms with Gasteiger partial charge in [0, 0.05) is 25.6 Å². The molecule has 0 spiro atoms. The summed E-state index contributed by atoms with van der Waals surface area (Å²) in [7, 11) is 0. The van der Waals surface area contributed by atoms with E-state index in [1.165, 1.54) is 11.1 Å². The van der Waals surface area contributed by atoms with Crippen LogP contribution in [-0.4, -0.2) is 31.7 Å². The fraction of sp³-hybridized carbons (Fsp3) is 0.588. The van der Waals surface area contributed by atoms with Gasteiger partial charge in [-0.2, -0.15) is 0 Å². The van der Waals surface area contributed by atoms with Crippen molar-refractivity contribution in [3.8, 4) is 5.75 Å². The highest BCUT2D eigenvalue weighted by Crippen LogP contribution is 2.25. The zero-order valence-corrected chi connectivity index (χ0v) is 16.1. The lowest BCUT2D eigenvalue weighted by Crippen LogP contribution is -2.42. The first-order chi connectivity index (χ1) is 10.2. The van der Waals surface area contributed by atoms with Gasteiger partial charge in [-0.15, -0.1) is 24.0 Å². The quantitative estimate of drug-likeness (QED) is 0.425. The summed E-state index contributed by atoms with van der Waals surface area (Å²) < 4.78 is 5.54. The lowest BCUT2D eigenvalue weighted by Gasteiger charge is -2.16. The van der Waals surface area contributed by atoms with Crippen molar-refractivity contribution < 1.29 is 4.74 Å². The molecule has 1 unspecified atom stereocenters. The second-order valence-corrected chi connectivity index (χ2v) is 5.50. The molecule has 5 heteroatoms. The molecule has 0 aliphatic carbocycles. The van der Waals surface area contributed by atoms with E-state index in [4.69, 9.17) is 4.74 Å².